The number of fused-ring (bicyclic) bond motifs is 1. The van der Waals surface area contributed by atoms with Gasteiger partial charge in [0, 0.05) is 39.8 Å². The number of aromatic amines is 1. The first-order valence-corrected chi connectivity index (χ1v) is 9.96. The lowest BCUT2D eigenvalue weighted by Gasteiger charge is -2.13. The standard InChI is InChI=1S/C22H20FN3OS/c1-14(10-15-12-24-20-9-5-3-6-17(15)20)26-21(27)11-16-13-25-22(28-16)18-7-2-4-8-19(18)23/h2-9,12-14,24H,10-11H2,1H3,(H,26,27). The minimum Gasteiger partial charge on any atom is -0.361 e. The zero-order valence-electron chi connectivity index (χ0n) is 15.4. The molecule has 0 aliphatic carbocycles. The number of benzene rings is 2. The van der Waals surface area contributed by atoms with Crippen LogP contribution in [0.1, 0.15) is 17.4 Å². The zero-order chi connectivity index (χ0) is 19.5. The second-order valence-corrected chi connectivity index (χ2v) is 7.94. The number of nitrogens with one attached hydrogen (secondary N) is 2. The maximum absolute atomic E-state index is 13.9. The molecule has 1 atom stereocenters. The van der Waals surface area contributed by atoms with E-state index in [9.17, 15) is 9.18 Å². The van der Waals surface area contributed by atoms with E-state index in [1.165, 1.54) is 28.4 Å². The monoisotopic (exact) mass is 393 g/mol. The molecule has 4 nitrogen and oxygen atoms in total. The Balaban J connectivity index is 1.37. The van der Waals surface area contributed by atoms with Gasteiger partial charge in [0.15, 0.2) is 0 Å². The number of thiazole rings is 1. The number of rotatable bonds is 6. The van der Waals surface area contributed by atoms with Gasteiger partial charge in [-0.15, -0.1) is 11.3 Å². The summed E-state index contributed by atoms with van der Waals surface area (Å²) in [6.45, 7) is 2.00. The molecule has 0 bridgehead atoms. The lowest BCUT2D eigenvalue weighted by atomic mass is 10.1. The average Bonchev–Trinajstić information content (AvgIpc) is 3.29. The molecule has 1 unspecified atom stereocenters. The van der Waals surface area contributed by atoms with Crippen molar-refractivity contribution >= 4 is 28.1 Å². The van der Waals surface area contributed by atoms with Gasteiger partial charge in [-0.3, -0.25) is 4.79 Å². The first-order valence-electron chi connectivity index (χ1n) is 9.14. The predicted molar refractivity (Wildman–Crippen MR) is 111 cm³/mol. The summed E-state index contributed by atoms with van der Waals surface area (Å²) in [4.78, 5) is 20.8. The molecular formula is C22H20FN3OS. The van der Waals surface area contributed by atoms with Gasteiger partial charge < -0.3 is 10.3 Å². The number of para-hydroxylation sites is 1. The largest absolute Gasteiger partial charge is 0.361 e. The second kappa shape index (κ2) is 7.94. The first kappa shape index (κ1) is 18.4. The lowest BCUT2D eigenvalue weighted by Crippen LogP contribution is -2.34. The van der Waals surface area contributed by atoms with Crippen LogP contribution in [0.15, 0.2) is 60.9 Å². The predicted octanol–water partition coefficient (Wildman–Crippen LogP) is 4.72. The van der Waals surface area contributed by atoms with Crippen molar-refractivity contribution in [2.75, 3.05) is 0 Å². The first-order chi connectivity index (χ1) is 13.6. The van der Waals surface area contributed by atoms with Gasteiger partial charge in [0.25, 0.3) is 0 Å². The van der Waals surface area contributed by atoms with E-state index >= 15 is 0 Å². The summed E-state index contributed by atoms with van der Waals surface area (Å²) in [7, 11) is 0. The Bertz CT molecular complexity index is 1120. The fourth-order valence-electron chi connectivity index (χ4n) is 3.31. The van der Waals surface area contributed by atoms with Crippen LogP contribution in [-0.4, -0.2) is 21.9 Å². The Morgan fingerprint density at radius 1 is 1.21 bits per heavy atom. The Hall–Kier alpha value is -2.99. The minimum absolute atomic E-state index is 0.00525. The molecule has 28 heavy (non-hydrogen) atoms. The van der Waals surface area contributed by atoms with E-state index in [2.05, 4.69) is 21.4 Å². The molecular weight excluding hydrogens is 373 g/mol. The Morgan fingerprint density at radius 2 is 2.00 bits per heavy atom. The van der Waals surface area contributed by atoms with Crippen molar-refractivity contribution in [2.45, 2.75) is 25.8 Å². The van der Waals surface area contributed by atoms with Gasteiger partial charge in [-0.25, -0.2) is 9.37 Å². The molecule has 2 heterocycles. The van der Waals surface area contributed by atoms with Gasteiger partial charge in [0.1, 0.15) is 10.8 Å². The van der Waals surface area contributed by atoms with Crippen molar-refractivity contribution in [3.63, 3.8) is 0 Å². The summed E-state index contributed by atoms with van der Waals surface area (Å²) in [6.07, 6.45) is 4.64. The molecule has 0 saturated carbocycles. The van der Waals surface area contributed by atoms with Gasteiger partial charge >= 0.3 is 0 Å². The summed E-state index contributed by atoms with van der Waals surface area (Å²) in [5.74, 6) is -0.365. The number of aromatic nitrogens is 2. The van der Waals surface area contributed by atoms with Crippen LogP contribution in [0.5, 0.6) is 0 Å². The van der Waals surface area contributed by atoms with Crippen LogP contribution in [0.3, 0.4) is 0 Å². The van der Waals surface area contributed by atoms with Crippen molar-refractivity contribution in [1.29, 1.82) is 0 Å². The van der Waals surface area contributed by atoms with Crippen molar-refractivity contribution in [1.82, 2.24) is 15.3 Å². The molecule has 0 saturated heterocycles. The number of hydrogen-bond donors (Lipinski definition) is 2. The third-order valence-electron chi connectivity index (χ3n) is 4.60. The fourth-order valence-corrected chi connectivity index (χ4v) is 4.25. The van der Waals surface area contributed by atoms with E-state index in [0.717, 1.165) is 16.8 Å². The van der Waals surface area contributed by atoms with Crippen LogP contribution < -0.4 is 5.32 Å². The molecule has 1 amide bonds. The molecule has 0 spiro atoms. The third-order valence-corrected chi connectivity index (χ3v) is 5.63. The van der Waals surface area contributed by atoms with E-state index in [4.69, 9.17) is 0 Å². The maximum atomic E-state index is 13.9. The van der Waals surface area contributed by atoms with Crippen molar-refractivity contribution in [2.24, 2.45) is 0 Å². The van der Waals surface area contributed by atoms with Gasteiger partial charge in [0.2, 0.25) is 5.91 Å². The highest BCUT2D eigenvalue weighted by atomic mass is 32.1. The van der Waals surface area contributed by atoms with Crippen LogP contribution in [-0.2, 0) is 17.6 Å². The smallest absolute Gasteiger partial charge is 0.225 e. The van der Waals surface area contributed by atoms with Crippen molar-refractivity contribution in [3.05, 3.63) is 77.2 Å². The molecule has 2 aromatic heterocycles. The van der Waals surface area contributed by atoms with Crippen molar-refractivity contribution < 1.29 is 9.18 Å². The minimum atomic E-state index is -0.305. The molecule has 2 aromatic carbocycles. The number of carbonyl (C=O) groups excluding carboxylic acids is 1. The molecule has 142 valence electrons. The quantitative estimate of drug-likeness (QED) is 0.498. The SMILES string of the molecule is CC(Cc1c[nH]c2ccccc12)NC(=O)Cc1cnc(-c2ccccc2F)s1. The van der Waals surface area contributed by atoms with E-state index < -0.39 is 0 Å². The highest BCUT2D eigenvalue weighted by Crippen LogP contribution is 2.27. The molecule has 0 fully saturated rings. The van der Waals surface area contributed by atoms with Gasteiger partial charge in [-0.2, -0.15) is 0 Å². The summed E-state index contributed by atoms with van der Waals surface area (Å²) in [5.41, 5.74) is 2.75. The summed E-state index contributed by atoms with van der Waals surface area (Å²) in [6, 6.07) is 14.7. The number of nitrogens with zero attached hydrogens (tertiary/aromatic N) is 1. The summed E-state index contributed by atoms with van der Waals surface area (Å²) >= 11 is 1.35. The van der Waals surface area contributed by atoms with E-state index in [1.807, 2.05) is 31.3 Å². The van der Waals surface area contributed by atoms with Crippen LogP contribution in [0, 0.1) is 5.82 Å². The Morgan fingerprint density at radius 3 is 2.86 bits per heavy atom. The normalized spacial score (nSPS) is 12.2. The average molecular weight is 393 g/mol. The molecule has 6 heteroatoms. The molecule has 0 aliphatic heterocycles. The number of carbonyl (C=O) groups is 1. The van der Waals surface area contributed by atoms with Crippen LogP contribution in [0.2, 0.25) is 0 Å². The fraction of sp³-hybridized carbons (Fsp3) is 0.182. The topological polar surface area (TPSA) is 57.8 Å². The number of hydrogen-bond acceptors (Lipinski definition) is 3. The second-order valence-electron chi connectivity index (χ2n) is 6.82. The highest BCUT2D eigenvalue weighted by Gasteiger charge is 2.14. The Labute approximate surface area is 166 Å². The van der Waals surface area contributed by atoms with E-state index in [1.54, 1.807) is 24.4 Å². The summed E-state index contributed by atoms with van der Waals surface area (Å²) < 4.78 is 13.9. The number of amides is 1. The van der Waals surface area contributed by atoms with Crippen LogP contribution in [0.25, 0.3) is 21.5 Å². The Kier molecular flexibility index (Phi) is 5.21. The molecule has 0 radical (unpaired) electrons. The highest BCUT2D eigenvalue weighted by molar-refractivity contribution is 7.15. The van der Waals surface area contributed by atoms with Gasteiger partial charge in [0.05, 0.1) is 6.42 Å². The maximum Gasteiger partial charge on any atom is 0.225 e. The van der Waals surface area contributed by atoms with Crippen molar-refractivity contribution in [3.8, 4) is 10.6 Å². The van der Waals surface area contributed by atoms with E-state index in [-0.39, 0.29) is 24.2 Å². The molecule has 4 rings (SSSR count). The summed E-state index contributed by atoms with van der Waals surface area (Å²) in [5, 5.41) is 4.82. The number of halogens is 1. The van der Waals surface area contributed by atoms with E-state index in [0.29, 0.717) is 10.6 Å². The molecule has 2 N–H and O–H groups in total. The van der Waals surface area contributed by atoms with Gasteiger partial charge in [-0.1, -0.05) is 30.3 Å². The molecule has 0 aliphatic rings. The lowest BCUT2D eigenvalue weighted by molar-refractivity contribution is -0.120. The van der Waals surface area contributed by atoms with Gasteiger partial charge in [-0.05, 0) is 37.1 Å². The molecule has 4 aromatic rings. The third kappa shape index (κ3) is 3.97. The van der Waals surface area contributed by atoms with Crippen LogP contribution >= 0.6 is 11.3 Å². The number of H-pyrrole nitrogens is 1. The zero-order valence-corrected chi connectivity index (χ0v) is 16.2. The van der Waals surface area contributed by atoms with Crippen LogP contribution in [0.4, 0.5) is 4.39 Å².